The third-order valence-corrected chi connectivity index (χ3v) is 10.1. The maximum atomic E-state index is 13.9. The van der Waals surface area contributed by atoms with Gasteiger partial charge in [0.15, 0.2) is 11.4 Å². The lowest BCUT2D eigenvalue weighted by atomic mass is 9.58. The Bertz CT molecular complexity index is 1380. The molecule has 0 aromatic heterocycles. The van der Waals surface area contributed by atoms with Crippen molar-refractivity contribution in [3.63, 3.8) is 0 Å². The molecule has 6 N–H and O–H groups in total. The minimum atomic E-state index is -2.66. The van der Waals surface area contributed by atoms with Gasteiger partial charge in [0, 0.05) is 29.1 Å². The van der Waals surface area contributed by atoms with Gasteiger partial charge in [-0.1, -0.05) is 37.8 Å². The van der Waals surface area contributed by atoms with Crippen LogP contribution in [0.2, 0.25) is 5.02 Å². The molecule has 0 spiro atoms. The highest BCUT2D eigenvalue weighted by molar-refractivity contribution is 6.33. The van der Waals surface area contributed by atoms with Crippen molar-refractivity contribution in [1.82, 2.24) is 9.80 Å². The molecule has 10 nitrogen and oxygen atoms in total. The number of fused-ring (bicyclic) bond motifs is 3. The summed E-state index contributed by atoms with van der Waals surface area (Å²) in [6.07, 6.45) is 5.98. The van der Waals surface area contributed by atoms with Crippen LogP contribution in [-0.2, 0) is 22.6 Å². The second kappa shape index (κ2) is 10.7. The molecule has 0 unspecified atom stereocenters. The summed E-state index contributed by atoms with van der Waals surface area (Å²) in [4.78, 5) is 43.3. The molecular weight excluding hydrogens is 550 g/mol. The number of nitrogens with zero attached hydrogens (tertiary/aromatic N) is 2. The Morgan fingerprint density at radius 2 is 1.80 bits per heavy atom. The predicted octanol–water partition coefficient (Wildman–Crippen LogP) is 2.93. The quantitative estimate of drug-likeness (QED) is 0.315. The van der Waals surface area contributed by atoms with Gasteiger partial charge in [-0.25, -0.2) is 0 Å². The van der Waals surface area contributed by atoms with Gasteiger partial charge in [-0.2, -0.15) is 0 Å². The summed E-state index contributed by atoms with van der Waals surface area (Å²) >= 11 is 6.94. The van der Waals surface area contributed by atoms with E-state index < -0.39 is 58.0 Å². The monoisotopic (exact) mass is 587 g/mol. The normalized spacial score (nSPS) is 28.7. The van der Waals surface area contributed by atoms with Gasteiger partial charge in [-0.3, -0.25) is 24.2 Å². The molecule has 4 atom stereocenters. The van der Waals surface area contributed by atoms with Crippen LogP contribution in [0.3, 0.4) is 0 Å². The Labute approximate surface area is 244 Å². The van der Waals surface area contributed by atoms with Crippen molar-refractivity contribution >= 4 is 29.1 Å². The van der Waals surface area contributed by atoms with E-state index in [4.69, 9.17) is 17.3 Å². The van der Waals surface area contributed by atoms with E-state index in [1.54, 1.807) is 14.1 Å². The Balaban J connectivity index is 1.59. The minimum absolute atomic E-state index is 0.0240. The summed E-state index contributed by atoms with van der Waals surface area (Å²) in [5, 5.41) is 45.5. The van der Waals surface area contributed by atoms with E-state index in [9.17, 15) is 34.8 Å². The molecule has 0 radical (unpaired) electrons. The number of nitrogens with two attached hydrogens (primary N) is 1. The number of aliphatic hydroxyl groups excluding tert-OH is 2. The van der Waals surface area contributed by atoms with Crippen LogP contribution in [0.1, 0.15) is 66.9 Å². The van der Waals surface area contributed by atoms with E-state index >= 15 is 0 Å². The van der Waals surface area contributed by atoms with E-state index in [1.807, 2.05) is 0 Å². The molecule has 4 aliphatic carbocycles. The molecule has 0 saturated heterocycles. The summed E-state index contributed by atoms with van der Waals surface area (Å²) in [5.74, 6) is -6.74. The van der Waals surface area contributed by atoms with Crippen molar-refractivity contribution in [2.75, 3.05) is 20.6 Å². The van der Waals surface area contributed by atoms with Crippen molar-refractivity contribution in [3.8, 4) is 5.75 Å². The van der Waals surface area contributed by atoms with Crippen LogP contribution in [0.15, 0.2) is 28.7 Å². The molecule has 4 aliphatic rings. The Morgan fingerprint density at radius 3 is 2.39 bits per heavy atom. The fourth-order valence-corrected chi connectivity index (χ4v) is 7.92. The van der Waals surface area contributed by atoms with Gasteiger partial charge in [0.05, 0.1) is 11.6 Å². The molecule has 1 aromatic carbocycles. The SMILES string of the molecule is CCN(Cc1cc(O)c2c(c1Cl)C[C@H]1C[C@H]3[C@H](N(C)C)C(O)=C(C(N)=O)C(=O)[C@@]3(O)C(O)=C1C2=O)C1CCCCC1. The maximum Gasteiger partial charge on any atom is 0.255 e. The number of benzene rings is 1. The van der Waals surface area contributed by atoms with Crippen LogP contribution < -0.4 is 5.73 Å². The first-order valence-corrected chi connectivity index (χ1v) is 14.6. The third-order valence-electron chi connectivity index (χ3n) is 9.60. The number of hydrogen-bond acceptors (Lipinski definition) is 9. The third kappa shape index (κ3) is 4.47. The van der Waals surface area contributed by atoms with Gasteiger partial charge in [0.1, 0.15) is 22.8 Å². The number of carbonyl (C=O) groups is 3. The Morgan fingerprint density at radius 1 is 1.15 bits per heavy atom. The first kappa shape index (κ1) is 29.6. The number of ketones is 2. The topological polar surface area (TPSA) is 165 Å². The van der Waals surface area contributed by atoms with Crippen molar-refractivity contribution in [3.05, 3.63) is 50.4 Å². The molecule has 5 rings (SSSR count). The molecule has 11 heteroatoms. The van der Waals surface area contributed by atoms with E-state index in [0.717, 1.165) is 19.4 Å². The lowest BCUT2D eigenvalue weighted by Crippen LogP contribution is -2.63. The van der Waals surface area contributed by atoms with E-state index in [1.165, 1.54) is 30.2 Å². The van der Waals surface area contributed by atoms with Crippen LogP contribution in [0.25, 0.3) is 0 Å². The molecular formula is C30H38ClN3O7. The lowest BCUT2D eigenvalue weighted by molar-refractivity contribution is -0.148. The predicted molar refractivity (Wildman–Crippen MR) is 152 cm³/mol. The highest BCUT2D eigenvalue weighted by Crippen LogP contribution is 2.53. The minimum Gasteiger partial charge on any atom is -0.510 e. The Kier molecular flexibility index (Phi) is 7.74. The van der Waals surface area contributed by atoms with Gasteiger partial charge in [0.2, 0.25) is 5.78 Å². The average Bonchev–Trinajstić information content (AvgIpc) is 2.91. The number of allylic oxidation sites excluding steroid dienone is 1. The standard InChI is InChI=1S/C30H38ClN3O7/c1-4-34(16-8-6-5-7-9-16)13-15-12-19(35)21-17(23(15)31)10-14-11-18-24(33(2)3)26(37)22(29(32)40)28(39)30(18,41)27(38)20(14)25(21)36/h12,14,16,18,24,35,37-38,41H,4-11,13H2,1-3H3,(H2,32,40)/t14-,18-,24-,30-/m0/s1. The number of amides is 1. The maximum absolute atomic E-state index is 13.9. The number of carbonyl (C=O) groups excluding carboxylic acids is 3. The summed E-state index contributed by atoms with van der Waals surface area (Å²) in [5.41, 5.74) is 2.79. The smallest absolute Gasteiger partial charge is 0.255 e. The first-order valence-electron chi connectivity index (χ1n) is 14.3. The summed E-state index contributed by atoms with van der Waals surface area (Å²) < 4.78 is 0. The molecule has 1 amide bonds. The van der Waals surface area contributed by atoms with Crippen LogP contribution >= 0.6 is 11.6 Å². The molecule has 0 heterocycles. The van der Waals surface area contributed by atoms with Gasteiger partial charge in [-0.15, -0.1) is 0 Å². The number of hydrogen-bond donors (Lipinski definition) is 5. The average molecular weight is 588 g/mol. The van der Waals surface area contributed by atoms with Crippen LogP contribution in [0, 0.1) is 11.8 Å². The number of halogens is 1. The highest BCUT2D eigenvalue weighted by Gasteiger charge is 2.63. The first-order chi connectivity index (χ1) is 19.3. The number of Topliss-reactive ketones (excluding diaryl/α,β-unsaturated/α-hetero) is 2. The molecule has 1 aromatic rings. The fourth-order valence-electron chi connectivity index (χ4n) is 7.63. The van der Waals surface area contributed by atoms with Crippen LogP contribution in [-0.4, -0.2) is 86.0 Å². The van der Waals surface area contributed by atoms with Gasteiger partial charge in [0.25, 0.3) is 5.91 Å². The second-order valence-corrected chi connectivity index (χ2v) is 12.4. The van der Waals surface area contributed by atoms with Crippen molar-refractivity contribution < 1.29 is 34.8 Å². The number of phenolic OH excluding ortho intramolecular Hbond substituents is 1. The summed E-state index contributed by atoms with van der Waals surface area (Å²) in [6.45, 7) is 3.42. The summed E-state index contributed by atoms with van der Waals surface area (Å²) in [7, 11) is 3.20. The number of aliphatic hydroxyl groups is 3. The fraction of sp³-hybridized carbons (Fsp3) is 0.567. The number of rotatable bonds is 6. The molecule has 1 fully saturated rings. The zero-order valence-corrected chi connectivity index (χ0v) is 24.4. The molecule has 0 aliphatic heterocycles. The second-order valence-electron chi connectivity index (χ2n) is 12.0. The van der Waals surface area contributed by atoms with Crippen molar-refractivity contribution in [2.45, 2.75) is 76.1 Å². The lowest BCUT2D eigenvalue weighted by Gasteiger charge is -2.50. The van der Waals surface area contributed by atoms with Crippen molar-refractivity contribution in [2.24, 2.45) is 17.6 Å². The van der Waals surface area contributed by atoms with Crippen molar-refractivity contribution in [1.29, 1.82) is 0 Å². The van der Waals surface area contributed by atoms with Crippen LogP contribution in [0.4, 0.5) is 0 Å². The van der Waals surface area contributed by atoms with E-state index in [2.05, 4.69) is 11.8 Å². The Hall–Kier alpha value is -2.92. The van der Waals surface area contributed by atoms with Gasteiger partial charge >= 0.3 is 0 Å². The molecule has 41 heavy (non-hydrogen) atoms. The van der Waals surface area contributed by atoms with Crippen LogP contribution in [0.5, 0.6) is 5.75 Å². The zero-order valence-electron chi connectivity index (χ0n) is 23.6. The largest absolute Gasteiger partial charge is 0.510 e. The van der Waals surface area contributed by atoms with E-state index in [-0.39, 0.29) is 29.7 Å². The van der Waals surface area contributed by atoms with E-state index in [0.29, 0.717) is 28.7 Å². The number of aromatic hydroxyl groups is 1. The number of primary amides is 1. The number of phenols is 1. The molecule has 222 valence electrons. The highest BCUT2D eigenvalue weighted by atomic mass is 35.5. The van der Waals surface area contributed by atoms with Gasteiger partial charge in [-0.05, 0) is 69.4 Å². The van der Waals surface area contributed by atoms with Gasteiger partial charge < -0.3 is 26.2 Å². The zero-order chi connectivity index (χ0) is 30.0. The molecule has 0 bridgehead atoms. The number of likely N-dealkylation sites (N-methyl/N-ethyl adjacent to an activating group) is 1. The summed E-state index contributed by atoms with van der Waals surface area (Å²) in [6, 6.07) is 0.872. The molecule has 1 saturated carbocycles.